The minimum absolute atomic E-state index is 0.0737. The number of hydrogen-bond donors (Lipinski definition) is 1. The van der Waals surface area contributed by atoms with E-state index in [0.717, 1.165) is 22.8 Å². The second-order valence-corrected chi connectivity index (χ2v) is 6.62. The largest absolute Gasteiger partial charge is 0.340 e. The molecule has 4 rings (SSSR count). The van der Waals surface area contributed by atoms with Crippen LogP contribution in [0.2, 0.25) is 5.02 Å². The maximum absolute atomic E-state index is 12.8. The molecule has 0 saturated carbocycles. The first-order chi connectivity index (χ1) is 12.6. The van der Waals surface area contributed by atoms with E-state index in [2.05, 4.69) is 16.0 Å². The van der Waals surface area contributed by atoms with Crippen molar-refractivity contribution in [3.63, 3.8) is 0 Å². The third-order valence-corrected chi connectivity index (χ3v) is 4.73. The number of H-pyrrole nitrogens is 1. The van der Waals surface area contributed by atoms with Crippen LogP contribution in [0.1, 0.15) is 27.3 Å². The van der Waals surface area contributed by atoms with Crippen molar-refractivity contribution in [3.05, 3.63) is 76.1 Å². The van der Waals surface area contributed by atoms with Crippen LogP contribution in [0, 0.1) is 11.3 Å². The van der Waals surface area contributed by atoms with Crippen molar-refractivity contribution >= 4 is 17.5 Å². The number of carbonyl (C=O) groups is 1. The molecule has 2 aromatic carbocycles. The van der Waals surface area contributed by atoms with Gasteiger partial charge in [0.1, 0.15) is 5.82 Å². The molecule has 1 aliphatic rings. The first kappa shape index (κ1) is 16.4. The number of nitrogens with one attached hydrogen (secondary N) is 1. The van der Waals surface area contributed by atoms with Crippen molar-refractivity contribution in [2.45, 2.75) is 13.0 Å². The lowest BCUT2D eigenvalue weighted by Gasteiger charge is -2.26. The molecule has 0 spiro atoms. The lowest BCUT2D eigenvalue weighted by molar-refractivity contribution is 0.0732. The average Bonchev–Trinajstić information content (AvgIpc) is 3.11. The first-order valence-corrected chi connectivity index (χ1v) is 8.65. The van der Waals surface area contributed by atoms with Crippen molar-refractivity contribution in [2.75, 3.05) is 6.54 Å². The number of aromatic nitrogens is 2. The molecule has 1 aliphatic heterocycles. The normalized spacial score (nSPS) is 13.2. The number of hydrogen-bond acceptors (Lipinski definition) is 3. The van der Waals surface area contributed by atoms with Crippen molar-refractivity contribution in [1.29, 1.82) is 5.26 Å². The van der Waals surface area contributed by atoms with E-state index in [1.54, 1.807) is 29.2 Å². The Kier molecular flexibility index (Phi) is 4.19. The highest BCUT2D eigenvalue weighted by Gasteiger charge is 2.25. The number of rotatable bonds is 2. The molecule has 1 amide bonds. The highest BCUT2D eigenvalue weighted by molar-refractivity contribution is 6.30. The van der Waals surface area contributed by atoms with E-state index in [1.165, 1.54) is 0 Å². The smallest absolute Gasteiger partial charge is 0.254 e. The summed E-state index contributed by atoms with van der Waals surface area (Å²) < 4.78 is 0. The van der Waals surface area contributed by atoms with Gasteiger partial charge in [-0.15, -0.1) is 0 Å². The van der Waals surface area contributed by atoms with E-state index >= 15 is 0 Å². The number of benzene rings is 2. The summed E-state index contributed by atoms with van der Waals surface area (Å²) in [6.45, 7) is 1.08. The first-order valence-electron chi connectivity index (χ1n) is 8.27. The molecule has 2 heterocycles. The van der Waals surface area contributed by atoms with E-state index in [1.807, 2.05) is 24.3 Å². The van der Waals surface area contributed by atoms with Gasteiger partial charge in [0.15, 0.2) is 0 Å². The van der Waals surface area contributed by atoms with Gasteiger partial charge in [-0.2, -0.15) is 5.26 Å². The number of amides is 1. The monoisotopic (exact) mass is 362 g/mol. The molecule has 0 bridgehead atoms. The predicted octanol–water partition coefficient (Wildman–Crippen LogP) is 3.80. The molecule has 0 fully saturated rings. The van der Waals surface area contributed by atoms with Crippen molar-refractivity contribution in [3.8, 4) is 17.5 Å². The quantitative estimate of drug-likeness (QED) is 0.753. The molecule has 128 valence electrons. The molecule has 6 heteroatoms. The zero-order chi connectivity index (χ0) is 18.1. The van der Waals surface area contributed by atoms with E-state index in [9.17, 15) is 4.79 Å². The minimum Gasteiger partial charge on any atom is -0.340 e. The Bertz CT molecular complexity index is 1020. The van der Waals surface area contributed by atoms with Gasteiger partial charge >= 0.3 is 0 Å². The van der Waals surface area contributed by atoms with Gasteiger partial charge in [0.2, 0.25) is 0 Å². The summed E-state index contributed by atoms with van der Waals surface area (Å²) in [4.78, 5) is 22.5. The molecule has 0 saturated heterocycles. The van der Waals surface area contributed by atoms with Crippen LogP contribution in [0.15, 0.2) is 48.5 Å². The fraction of sp³-hybridized carbons (Fsp3) is 0.150. The highest BCUT2D eigenvalue weighted by Crippen LogP contribution is 2.24. The summed E-state index contributed by atoms with van der Waals surface area (Å²) in [6.07, 6.45) is 0.698. The van der Waals surface area contributed by atoms with Crippen molar-refractivity contribution in [2.24, 2.45) is 0 Å². The van der Waals surface area contributed by atoms with E-state index in [-0.39, 0.29) is 5.91 Å². The molecule has 0 aliphatic carbocycles. The Morgan fingerprint density at radius 1 is 1.23 bits per heavy atom. The van der Waals surface area contributed by atoms with Gasteiger partial charge in [0.05, 0.1) is 29.6 Å². The van der Waals surface area contributed by atoms with Gasteiger partial charge < -0.3 is 9.88 Å². The molecule has 5 nitrogen and oxygen atoms in total. The summed E-state index contributed by atoms with van der Waals surface area (Å²) in [5.41, 5.74) is 3.92. The van der Waals surface area contributed by atoms with E-state index in [0.29, 0.717) is 35.7 Å². The number of aromatic amines is 1. The molecule has 0 unspecified atom stereocenters. The molecule has 1 N–H and O–H groups in total. The SMILES string of the molecule is N#Cc1cccc(C(=O)N2CCc3nc(-c4ccc(Cl)cc4)[nH]c3C2)c1. The summed E-state index contributed by atoms with van der Waals surface area (Å²) in [5, 5.41) is 9.70. The van der Waals surface area contributed by atoms with Crippen LogP contribution in [-0.4, -0.2) is 27.3 Å². The summed E-state index contributed by atoms with van der Waals surface area (Å²) in [5.74, 6) is 0.711. The average molecular weight is 363 g/mol. The van der Waals surface area contributed by atoms with Gasteiger partial charge in [-0.25, -0.2) is 4.98 Å². The lowest BCUT2D eigenvalue weighted by atomic mass is 10.1. The molecular formula is C20H15ClN4O. The van der Waals surface area contributed by atoms with E-state index in [4.69, 9.17) is 16.9 Å². The summed E-state index contributed by atoms with van der Waals surface area (Å²) >= 11 is 5.94. The minimum atomic E-state index is -0.0737. The van der Waals surface area contributed by atoms with E-state index < -0.39 is 0 Å². The number of fused-ring (bicyclic) bond motifs is 1. The number of halogens is 1. The van der Waals surface area contributed by atoms with Crippen molar-refractivity contribution < 1.29 is 4.79 Å². The molecule has 0 atom stereocenters. The van der Waals surface area contributed by atoms with Gasteiger partial charge in [0, 0.05) is 29.1 Å². The third-order valence-electron chi connectivity index (χ3n) is 4.48. The maximum atomic E-state index is 12.8. The number of nitrogens with zero attached hydrogens (tertiary/aromatic N) is 3. The van der Waals surface area contributed by atoms with Gasteiger partial charge in [-0.3, -0.25) is 4.79 Å². The lowest BCUT2D eigenvalue weighted by Crippen LogP contribution is -2.36. The zero-order valence-corrected chi connectivity index (χ0v) is 14.6. The van der Waals surface area contributed by atoms with Crippen LogP contribution >= 0.6 is 11.6 Å². The standard InChI is InChI=1S/C20H15ClN4O/c21-16-6-4-14(5-7-16)19-23-17-8-9-25(12-18(17)24-19)20(26)15-3-1-2-13(10-15)11-22/h1-7,10H,8-9,12H2,(H,23,24). The van der Waals surface area contributed by atoms with Gasteiger partial charge in [-0.1, -0.05) is 17.7 Å². The Hall–Kier alpha value is -3.10. The van der Waals surface area contributed by atoms with Gasteiger partial charge in [-0.05, 0) is 42.5 Å². The van der Waals surface area contributed by atoms with Crippen LogP contribution in [-0.2, 0) is 13.0 Å². The Balaban J connectivity index is 1.57. The second-order valence-electron chi connectivity index (χ2n) is 6.19. The number of imidazole rings is 1. The second kappa shape index (κ2) is 6.66. The third kappa shape index (κ3) is 3.07. The number of nitriles is 1. The molecule has 26 heavy (non-hydrogen) atoms. The molecule has 3 aromatic rings. The Morgan fingerprint density at radius 3 is 2.81 bits per heavy atom. The van der Waals surface area contributed by atoms with Crippen LogP contribution in [0.25, 0.3) is 11.4 Å². The Morgan fingerprint density at radius 2 is 2.04 bits per heavy atom. The molecular weight excluding hydrogens is 348 g/mol. The molecule has 1 aromatic heterocycles. The van der Waals surface area contributed by atoms with Crippen LogP contribution in [0.5, 0.6) is 0 Å². The summed E-state index contributed by atoms with van der Waals surface area (Å²) in [6, 6.07) is 16.4. The van der Waals surface area contributed by atoms with Crippen LogP contribution < -0.4 is 0 Å². The van der Waals surface area contributed by atoms with Crippen LogP contribution in [0.4, 0.5) is 0 Å². The predicted molar refractivity (Wildman–Crippen MR) is 98.6 cm³/mol. The topological polar surface area (TPSA) is 72.8 Å². The zero-order valence-electron chi connectivity index (χ0n) is 13.9. The van der Waals surface area contributed by atoms with Crippen LogP contribution in [0.3, 0.4) is 0 Å². The summed E-state index contributed by atoms with van der Waals surface area (Å²) in [7, 11) is 0. The number of carbonyl (C=O) groups excluding carboxylic acids is 1. The maximum Gasteiger partial charge on any atom is 0.254 e. The fourth-order valence-electron chi connectivity index (χ4n) is 3.12. The van der Waals surface area contributed by atoms with Gasteiger partial charge in [0.25, 0.3) is 5.91 Å². The molecule has 0 radical (unpaired) electrons. The van der Waals surface area contributed by atoms with Crippen molar-refractivity contribution in [1.82, 2.24) is 14.9 Å². The Labute approximate surface area is 155 Å². The fourth-order valence-corrected chi connectivity index (χ4v) is 3.24. The highest BCUT2D eigenvalue weighted by atomic mass is 35.5.